The van der Waals surface area contributed by atoms with Crippen molar-refractivity contribution in [2.45, 2.75) is 79.4 Å². The standard InChI is InChI=1S/C20H36O2/c1-7-15-21-20(22-16-8-2)19(6)14-10-13-18(5)12-9-11-17(3)4/h11,13,20H,6-10,12,14-16H2,1-5H3/b18-13+. The summed E-state index contributed by atoms with van der Waals surface area (Å²) in [7, 11) is 0. The van der Waals surface area contributed by atoms with Gasteiger partial charge >= 0.3 is 0 Å². The van der Waals surface area contributed by atoms with E-state index in [1.165, 1.54) is 11.1 Å². The van der Waals surface area contributed by atoms with Crippen molar-refractivity contribution in [1.29, 1.82) is 0 Å². The maximum Gasteiger partial charge on any atom is 0.179 e. The molecule has 128 valence electrons. The summed E-state index contributed by atoms with van der Waals surface area (Å²) in [5.41, 5.74) is 3.89. The van der Waals surface area contributed by atoms with Crippen LogP contribution in [0, 0.1) is 0 Å². The Labute approximate surface area is 138 Å². The molecule has 0 aromatic rings. The van der Waals surface area contributed by atoms with E-state index < -0.39 is 0 Å². The topological polar surface area (TPSA) is 18.5 Å². The third kappa shape index (κ3) is 11.8. The minimum Gasteiger partial charge on any atom is -0.349 e. The van der Waals surface area contributed by atoms with Crippen molar-refractivity contribution in [3.63, 3.8) is 0 Å². The lowest BCUT2D eigenvalue weighted by molar-refractivity contribution is -0.119. The fourth-order valence-electron chi connectivity index (χ4n) is 2.05. The van der Waals surface area contributed by atoms with Crippen LogP contribution in [-0.2, 0) is 9.47 Å². The van der Waals surface area contributed by atoms with Crippen LogP contribution in [0.25, 0.3) is 0 Å². The number of ether oxygens (including phenoxy) is 2. The summed E-state index contributed by atoms with van der Waals surface area (Å²) in [6.07, 6.45) is 10.6. The summed E-state index contributed by atoms with van der Waals surface area (Å²) in [6.45, 7) is 16.3. The zero-order chi connectivity index (χ0) is 16.8. The molecule has 0 atom stereocenters. The molecule has 2 heteroatoms. The minimum atomic E-state index is -0.237. The van der Waals surface area contributed by atoms with Crippen LogP contribution in [0.3, 0.4) is 0 Å². The predicted octanol–water partition coefficient (Wildman–Crippen LogP) is 6.19. The minimum absolute atomic E-state index is 0.237. The molecule has 0 aliphatic carbocycles. The Morgan fingerprint density at radius 1 is 0.909 bits per heavy atom. The largest absolute Gasteiger partial charge is 0.349 e. The average molecular weight is 309 g/mol. The Morgan fingerprint density at radius 2 is 1.45 bits per heavy atom. The second-order valence-corrected chi connectivity index (χ2v) is 6.14. The van der Waals surface area contributed by atoms with Gasteiger partial charge in [-0.1, -0.05) is 43.7 Å². The highest BCUT2D eigenvalue weighted by molar-refractivity contribution is 5.05. The third-order valence-electron chi connectivity index (χ3n) is 3.33. The molecule has 0 spiro atoms. The van der Waals surface area contributed by atoms with Gasteiger partial charge in [-0.25, -0.2) is 0 Å². The molecule has 0 heterocycles. The average Bonchev–Trinajstić information content (AvgIpc) is 2.46. The predicted molar refractivity (Wildman–Crippen MR) is 97.1 cm³/mol. The molecule has 0 fully saturated rings. The summed E-state index contributed by atoms with van der Waals surface area (Å²) in [4.78, 5) is 0. The van der Waals surface area contributed by atoms with Crippen molar-refractivity contribution in [3.8, 4) is 0 Å². The highest BCUT2D eigenvalue weighted by Crippen LogP contribution is 2.16. The highest BCUT2D eigenvalue weighted by atomic mass is 16.7. The van der Waals surface area contributed by atoms with E-state index in [-0.39, 0.29) is 6.29 Å². The SMILES string of the molecule is C=C(CC/C=C(\C)CCC=C(C)C)C(OCCC)OCCC. The molecule has 0 aromatic heterocycles. The third-order valence-corrected chi connectivity index (χ3v) is 3.33. The van der Waals surface area contributed by atoms with E-state index in [1.54, 1.807) is 0 Å². The first-order chi connectivity index (χ1) is 10.5. The molecule has 0 saturated heterocycles. The zero-order valence-corrected chi connectivity index (χ0v) is 15.4. The van der Waals surface area contributed by atoms with E-state index in [0.717, 1.165) is 57.3 Å². The van der Waals surface area contributed by atoms with Gasteiger partial charge in [0.2, 0.25) is 0 Å². The molecule has 0 unspecified atom stereocenters. The molecule has 22 heavy (non-hydrogen) atoms. The van der Waals surface area contributed by atoms with Crippen molar-refractivity contribution in [2.24, 2.45) is 0 Å². The quantitative estimate of drug-likeness (QED) is 0.298. The molecule has 0 saturated carbocycles. The Balaban J connectivity index is 4.16. The van der Waals surface area contributed by atoms with E-state index in [1.807, 2.05) is 0 Å². The van der Waals surface area contributed by atoms with E-state index >= 15 is 0 Å². The van der Waals surface area contributed by atoms with E-state index in [9.17, 15) is 0 Å². The van der Waals surface area contributed by atoms with Crippen LogP contribution in [0.15, 0.2) is 35.5 Å². The van der Waals surface area contributed by atoms with Crippen LogP contribution in [0.1, 0.15) is 73.1 Å². The summed E-state index contributed by atoms with van der Waals surface area (Å²) < 4.78 is 11.5. The molecule has 0 aromatic carbocycles. The Hall–Kier alpha value is -0.860. The Kier molecular flexibility index (Phi) is 13.2. The first-order valence-electron chi connectivity index (χ1n) is 8.71. The maximum absolute atomic E-state index is 5.75. The molecule has 0 radical (unpaired) electrons. The molecule has 0 bridgehead atoms. The number of hydrogen-bond donors (Lipinski definition) is 0. The van der Waals surface area contributed by atoms with Crippen molar-refractivity contribution in [2.75, 3.05) is 13.2 Å². The number of rotatable bonds is 13. The second-order valence-electron chi connectivity index (χ2n) is 6.14. The van der Waals surface area contributed by atoms with E-state index in [4.69, 9.17) is 9.47 Å². The number of hydrogen-bond acceptors (Lipinski definition) is 2. The first-order valence-corrected chi connectivity index (χ1v) is 8.71. The van der Waals surface area contributed by atoms with E-state index in [0.29, 0.717) is 0 Å². The lowest BCUT2D eigenvalue weighted by atomic mass is 10.1. The lowest BCUT2D eigenvalue weighted by Crippen LogP contribution is -2.20. The van der Waals surface area contributed by atoms with Gasteiger partial charge in [-0.3, -0.25) is 0 Å². The molecular weight excluding hydrogens is 272 g/mol. The molecular formula is C20H36O2. The van der Waals surface area contributed by atoms with Gasteiger partial charge < -0.3 is 9.47 Å². The van der Waals surface area contributed by atoms with Gasteiger partial charge in [0.15, 0.2) is 6.29 Å². The molecule has 0 aliphatic rings. The second kappa shape index (κ2) is 13.8. The molecule has 0 rings (SSSR count). The van der Waals surface area contributed by atoms with Crippen molar-refractivity contribution in [3.05, 3.63) is 35.5 Å². The van der Waals surface area contributed by atoms with Crippen LogP contribution in [-0.4, -0.2) is 19.5 Å². The Morgan fingerprint density at radius 3 is 1.95 bits per heavy atom. The fraction of sp³-hybridized carbons (Fsp3) is 0.700. The molecule has 2 nitrogen and oxygen atoms in total. The van der Waals surface area contributed by atoms with Crippen LogP contribution in [0.2, 0.25) is 0 Å². The lowest BCUT2D eigenvalue weighted by Gasteiger charge is -2.20. The first kappa shape index (κ1) is 21.1. The van der Waals surface area contributed by atoms with Gasteiger partial charge in [0.1, 0.15) is 0 Å². The monoisotopic (exact) mass is 308 g/mol. The zero-order valence-electron chi connectivity index (χ0n) is 15.4. The molecule has 0 N–H and O–H groups in total. The highest BCUT2D eigenvalue weighted by Gasteiger charge is 2.12. The van der Waals surface area contributed by atoms with Crippen molar-refractivity contribution < 1.29 is 9.47 Å². The summed E-state index contributed by atoms with van der Waals surface area (Å²) in [5.74, 6) is 0. The van der Waals surface area contributed by atoms with Gasteiger partial charge in [0.05, 0.1) is 0 Å². The summed E-state index contributed by atoms with van der Waals surface area (Å²) in [5, 5.41) is 0. The molecule has 0 aliphatic heterocycles. The van der Waals surface area contributed by atoms with Crippen molar-refractivity contribution in [1.82, 2.24) is 0 Å². The van der Waals surface area contributed by atoms with Gasteiger partial charge in [-0.2, -0.15) is 0 Å². The summed E-state index contributed by atoms with van der Waals surface area (Å²) in [6, 6.07) is 0. The summed E-state index contributed by atoms with van der Waals surface area (Å²) >= 11 is 0. The fourth-order valence-corrected chi connectivity index (χ4v) is 2.05. The van der Waals surface area contributed by atoms with Gasteiger partial charge in [0, 0.05) is 13.2 Å². The van der Waals surface area contributed by atoms with Crippen LogP contribution in [0.5, 0.6) is 0 Å². The van der Waals surface area contributed by atoms with Gasteiger partial charge in [-0.05, 0) is 64.9 Å². The number of allylic oxidation sites excluding steroid dienone is 4. The normalized spacial score (nSPS) is 11.8. The van der Waals surface area contributed by atoms with Crippen LogP contribution >= 0.6 is 0 Å². The maximum atomic E-state index is 5.75. The van der Waals surface area contributed by atoms with Crippen molar-refractivity contribution >= 4 is 0 Å². The molecule has 0 amide bonds. The Bertz CT molecular complexity index is 341. The van der Waals surface area contributed by atoms with Gasteiger partial charge in [-0.15, -0.1) is 0 Å². The van der Waals surface area contributed by atoms with Gasteiger partial charge in [0.25, 0.3) is 0 Å². The van der Waals surface area contributed by atoms with E-state index in [2.05, 4.69) is 53.3 Å². The smallest absolute Gasteiger partial charge is 0.179 e. The van der Waals surface area contributed by atoms with Crippen LogP contribution < -0.4 is 0 Å². The van der Waals surface area contributed by atoms with Crippen LogP contribution in [0.4, 0.5) is 0 Å².